The molecule has 0 heterocycles. The van der Waals surface area contributed by atoms with Crippen LogP contribution in [-0.4, -0.2) is 37.9 Å². The van der Waals surface area contributed by atoms with E-state index in [0.29, 0.717) is 0 Å². The molecule has 0 fully saturated rings. The van der Waals surface area contributed by atoms with E-state index in [1.807, 2.05) is 6.92 Å². The second-order valence-electron chi connectivity index (χ2n) is 8.75. The highest BCUT2D eigenvalue weighted by Gasteiger charge is 2.47. The maximum Gasteiger partial charge on any atom is 0.312 e. The topological polar surface area (TPSA) is 49.4 Å². The van der Waals surface area contributed by atoms with Gasteiger partial charge in [-0.1, -0.05) is 41.5 Å². The molecular weight excluding hydrogens is 254 g/mol. The number of hydrogen-bond acceptors (Lipinski definition) is 3. The summed E-state index contributed by atoms with van der Waals surface area (Å²) in [5, 5.41) is 11.5. The molecule has 4 nitrogen and oxygen atoms in total. The van der Waals surface area contributed by atoms with E-state index in [4.69, 9.17) is 4.74 Å². The lowest BCUT2D eigenvalue weighted by Crippen LogP contribution is -2.45. The average molecular weight is 287 g/mol. The number of esters is 1. The standard InChI is InChI=1S/C16H33NO3/c1-14(2,3)12-16(7,15(4,5)6)13(18)20-11-10-17(8,9)19/h10-12H2,1-9H3. The van der Waals surface area contributed by atoms with Crippen LogP contribution in [0.15, 0.2) is 0 Å². The van der Waals surface area contributed by atoms with Gasteiger partial charge < -0.3 is 14.6 Å². The maximum atomic E-state index is 12.5. The maximum absolute atomic E-state index is 12.5. The van der Waals surface area contributed by atoms with Crippen LogP contribution in [0.2, 0.25) is 0 Å². The van der Waals surface area contributed by atoms with Crippen LogP contribution in [0.1, 0.15) is 54.9 Å². The summed E-state index contributed by atoms with van der Waals surface area (Å²) in [6.45, 7) is 15.0. The first kappa shape index (κ1) is 19.4. The molecule has 0 aromatic heterocycles. The lowest BCUT2D eigenvalue weighted by molar-refractivity contribution is -0.840. The van der Waals surface area contributed by atoms with E-state index in [2.05, 4.69) is 41.5 Å². The summed E-state index contributed by atoms with van der Waals surface area (Å²) in [4.78, 5) is 12.5. The zero-order valence-electron chi connectivity index (χ0n) is 14.8. The van der Waals surface area contributed by atoms with Crippen molar-refractivity contribution in [2.75, 3.05) is 27.2 Å². The lowest BCUT2D eigenvalue weighted by Gasteiger charge is -2.43. The Labute approximate surface area is 124 Å². The second kappa shape index (κ2) is 6.02. The molecule has 0 aliphatic rings. The number of likely N-dealkylation sites (N-methyl/N-ethyl adjacent to an activating group) is 1. The molecule has 0 saturated heterocycles. The molecule has 0 aliphatic carbocycles. The van der Waals surface area contributed by atoms with E-state index in [9.17, 15) is 10.0 Å². The van der Waals surface area contributed by atoms with Crippen LogP contribution >= 0.6 is 0 Å². The minimum Gasteiger partial charge on any atom is -0.633 e. The Morgan fingerprint density at radius 2 is 1.50 bits per heavy atom. The smallest absolute Gasteiger partial charge is 0.312 e. The van der Waals surface area contributed by atoms with Gasteiger partial charge in [-0.2, -0.15) is 0 Å². The van der Waals surface area contributed by atoms with Crippen molar-refractivity contribution in [1.29, 1.82) is 0 Å². The molecule has 1 atom stereocenters. The van der Waals surface area contributed by atoms with Gasteiger partial charge in [-0.3, -0.25) is 4.79 Å². The van der Waals surface area contributed by atoms with E-state index < -0.39 is 10.1 Å². The highest BCUT2D eigenvalue weighted by molar-refractivity contribution is 5.77. The molecule has 20 heavy (non-hydrogen) atoms. The molecule has 4 heteroatoms. The van der Waals surface area contributed by atoms with Crippen LogP contribution in [0.4, 0.5) is 0 Å². The number of hydrogen-bond donors (Lipinski definition) is 0. The molecule has 0 rings (SSSR count). The zero-order chi connectivity index (χ0) is 16.4. The number of ether oxygens (including phenoxy) is 1. The quantitative estimate of drug-likeness (QED) is 0.441. The average Bonchev–Trinajstić information content (AvgIpc) is 2.10. The molecule has 0 N–H and O–H groups in total. The fourth-order valence-corrected chi connectivity index (χ4v) is 2.22. The second-order valence-corrected chi connectivity index (χ2v) is 8.75. The van der Waals surface area contributed by atoms with E-state index >= 15 is 0 Å². The first-order valence-corrected chi connectivity index (χ1v) is 7.30. The van der Waals surface area contributed by atoms with E-state index in [1.165, 1.54) is 0 Å². The molecule has 1 unspecified atom stereocenters. The molecule has 0 bridgehead atoms. The molecule has 0 aromatic carbocycles. The summed E-state index contributed by atoms with van der Waals surface area (Å²) in [6, 6.07) is 0. The SMILES string of the molecule is CC(C)(C)CC(C)(C(=O)OCC[N+](C)(C)[O-])C(C)(C)C. The van der Waals surface area contributed by atoms with Crippen molar-refractivity contribution in [3.05, 3.63) is 5.21 Å². The van der Waals surface area contributed by atoms with Gasteiger partial charge in [0.2, 0.25) is 0 Å². The third-order valence-corrected chi connectivity index (χ3v) is 3.85. The lowest BCUT2D eigenvalue weighted by atomic mass is 9.61. The molecule has 0 aliphatic heterocycles. The summed E-state index contributed by atoms with van der Waals surface area (Å²) in [7, 11) is 3.10. The number of nitrogens with zero attached hydrogens (tertiary/aromatic N) is 1. The summed E-state index contributed by atoms with van der Waals surface area (Å²) in [5.41, 5.74) is -0.723. The Bertz CT molecular complexity index is 331. The summed E-state index contributed by atoms with van der Waals surface area (Å²) in [5.74, 6) is -0.201. The van der Waals surface area contributed by atoms with Gasteiger partial charge in [0.25, 0.3) is 0 Å². The Morgan fingerprint density at radius 1 is 1.05 bits per heavy atom. The Kier molecular flexibility index (Phi) is 5.84. The van der Waals surface area contributed by atoms with Crippen LogP contribution in [-0.2, 0) is 9.53 Å². The fourth-order valence-electron chi connectivity index (χ4n) is 2.22. The van der Waals surface area contributed by atoms with Crippen molar-refractivity contribution in [2.24, 2.45) is 16.2 Å². The Morgan fingerprint density at radius 3 is 1.80 bits per heavy atom. The van der Waals surface area contributed by atoms with Crippen LogP contribution in [0, 0.1) is 21.5 Å². The molecule has 120 valence electrons. The van der Waals surface area contributed by atoms with Crippen molar-refractivity contribution >= 4 is 5.97 Å². The van der Waals surface area contributed by atoms with E-state index in [0.717, 1.165) is 6.42 Å². The van der Waals surface area contributed by atoms with Gasteiger partial charge in [0, 0.05) is 0 Å². The van der Waals surface area contributed by atoms with Crippen molar-refractivity contribution in [2.45, 2.75) is 54.9 Å². The van der Waals surface area contributed by atoms with Gasteiger partial charge in [-0.15, -0.1) is 0 Å². The first-order chi connectivity index (χ1) is 8.58. The van der Waals surface area contributed by atoms with Crippen molar-refractivity contribution in [3.63, 3.8) is 0 Å². The van der Waals surface area contributed by atoms with Crippen molar-refractivity contribution < 1.29 is 14.2 Å². The van der Waals surface area contributed by atoms with Gasteiger partial charge in [-0.05, 0) is 24.2 Å². The number of quaternary nitrogens is 1. The number of rotatable bonds is 5. The molecule has 0 saturated carbocycles. The molecular formula is C16H33NO3. The minimum atomic E-state index is -0.564. The van der Waals surface area contributed by atoms with Crippen LogP contribution in [0.5, 0.6) is 0 Å². The largest absolute Gasteiger partial charge is 0.633 e. The van der Waals surface area contributed by atoms with Gasteiger partial charge >= 0.3 is 5.97 Å². The zero-order valence-corrected chi connectivity index (χ0v) is 14.8. The molecule has 0 spiro atoms. The van der Waals surface area contributed by atoms with Crippen LogP contribution in [0.3, 0.4) is 0 Å². The van der Waals surface area contributed by atoms with Crippen LogP contribution in [0.25, 0.3) is 0 Å². The van der Waals surface area contributed by atoms with Gasteiger partial charge in [0.15, 0.2) is 0 Å². The number of carbonyl (C=O) groups excluding carboxylic acids is 1. The van der Waals surface area contributed by atoms with E-state index in [-0.39, 0.29) is 30.0 Å². The van der Waals surface area contributed by atoms with E-state index in [1.54, 1.807) is 14.1 Å². The van der Waals surface area contributed by atoms with Crippen molar-refractivity contribution in [1.82, 2.24) is 0 Å². The fraction of sp³-hybridized carbons (Fsp3) is 0.938. The van der Waals surface area contributed by atoms with Gasteiger partial charge in [-0.25, -0.2) is 0 Å². The highest BCUT2D eigenvalue weighted by atomic mass is 16.6. The Hall–Kier alpha value is -0.610. The predicted octanol–water partition coefficient (Wildman–Crippen LogP) is 3.59. The van der Waals surface area contributed by atoms with Crippen LogP contribution < -0.4 is 0 Å². The van der Waals surface area contributed by atoms with Gasteiger partial charge in [0.05, 0.1) is 19.5 Å². The highest BCUT2D eigenvalue weighted by Crippen LogP contribution is 2.47. The first-order valence-electron chi connectivity index (χ1n) is 7.30. The monoisotopic (exact) mass is 287 g/mol. The van der Waals surface area contributed by atoms with Gasteiger partial charge in [0.1, 0.15) is 13.2 Å². The summed E-state index contributed by atoms with van der Waals surface area (Å²) in [6.07, 6.45) is 0.748. The minimum absolute atomic E-state index is 0.0366. The Balaban J connectivity index is 4.94. The molecule has 0 amide bonds. The third-order valence-electron chi connectivity index (χ3n) is 3.85. The third kappa shape index (κ3) is 6.23. The predicted molar refractivity (Wildman–Crippen MR) is 82.9 cm³/mol. The summed E-state index contributed by atoms with van der Waals surface area (Å²) >= 11 is 0. The number of hydroxylamine groups is 3. The normalized spacial score (nSPS) is 16.7. The number of carbonyl (C=O) groups is 1. The van der Waals surface area contributed by atoms with Crippen molar-refractivity contribution in [3.8, 4) is 0 Å². The molecule has 0 aromatic rings. The summed E-state index contributed by atoms with van der Waals surface area (Å²) < 4.78 is 4.96. The molecule has 0 radical (unpaired) electrons.